The third-order valence-corrected chi connectivity index (χ3v) is 2.79. The maximum Gasteiger partial charge on any atom is 0.0689 e. The summed E-state index contributed by atoms with van der Waals surface area (Å²) in [6.45, 7) is 3.78. The normalized spacial score (nSPS) is 28.7. The summed E-state index contributed by atoms with van der Waals surface area (Å²) < 4.78 is 5.63. The molecule has 1 aliphatic carbocycles. The highest BCUT2D eigenvalue weighted by Gasteiger charge is 2.28. The average molecular weight is 204 g/mol. The number of hydrogen-bond acceptors (Lipinski definition) is 2. The Kier molecular flexibility index (Phi) is 4.78. The molecule has 2 nitrogen and oxygen atoms in total. The van der Waals surface area contributed by atoms with Gasteiger partial charge in [-0.15, -0.1) is 0 Å². The van der Waals surface area contributed by atoms with Crippen LogP contribution in [0.5, 0.6) is 0 Å². The topological polar surface area (TPSA) is 21.3 Å². The van der Waals surface area contributed by atoms with Crippen LogP contribution in [0.1, 0.15) is 19.8 Å². The number of halogens is 1. The predicted octanol–water partition coefficient (Wildman–Crippen LogP) is 2.14. The zero-order valence-corrected chi connectivity index (χ0v) is 9.10. The molecule has 0 aliphatic heterocycles. The van der Waals surface area contributed by atoms with Crippen molar-refractivity contribution in [3.8, 4) is 0 Å². The van der Waals surface area contributed by atoms with Crippen LogP contribution in [-0.4, -0.2) is 26.3 Å². The molecule has 0 radical (unpaired) electrons. The molecule has 0 heterocycles. The highest BCUT2D eigenvalue weighted by molar-refractivity contribution is 6.25. The molecule has 0 aromatic carbocycles. The van der Waals surface area contributed by atoms with Crippen molar-refractivity contribution in [3.63, 3.8) is 0 Å². The number of hydrogen-bond donors (Lipinski definition) is 1. The second kappa shape index (κ2) is 5.63. The second-order valence-electron chi connectivity index (χ2n) is 3.78. The molecule has 0 spiro atoms. The molecule has 3 heteroatoms. The maximum absolute atomic E-state index is 5.63. The van der Waals surface area contributed by atoms with Crippen LogP contribution in [-0.2, 0) is 4.74 Å². The molecule has 76 valence electrons. The van der Waals surface area contributed by atoms with Crippen molar-refractivity contribution in [2.45, 2.75) is 25.9 Å². The SMILES string of the molecule is CNCC1CC(OCC(C)=CCl)C1. The molecule has 1 saturated carbocycles. The number of ether oxygens (including phenoxy) is 1. The van der Waals surface area contributed by atoms with Gasteiger partial charge in [0.15, 0.2) is 0 Å². The zero-order chi connectivity index (χ0) is 9.68. The summed E-state index contributed by atoms with van der Waals surface area (Å²) in [5.41, 5.74) is 2.68. The molecule has 0 aromatic heterocycles. The van der Waals surface area contributed by atoms with Gasteiger partial charge in [0.25, 0.3) is 0 Å². The lowest BCUT2D eigenvalue weighted by Gasteiger charge is -2.35. The van der Waals surface area contributed by atoms with Gasteiger partial charge < -0.3 is 10.1 Å². The Balaban J connectivity index is 2.02. The summed E-state index contributed by atoms with van der Waals surface area (Å²) in [6, 6.07) is 0. The van der Waals surface area contributed by atoms with Crippen molar-refractivity contribution in [2.75, 3.05) is 20.2 Å². The smallest absolute Gasteiger partial charge is 0.0689 e. The van der Waals surface area contributed by atoms with Gasteiger partial charge in [-0.3, -0.25) is 0 Å². The van der Waals surface area contributed by atoms with Crippen molar-refractivity contribution >= 4 is 11.6 Å². The van der Waals surface area contributed by atoms with E-state index in [-0.39, 0.29) is 0 Å². The lowest BCUT2D eigenvalue weighted by molar-refractivity contribution is -0.0188. The fourth-order valence-corrected chi connectivity index (χ4v) is 1.61. The fourth-order valence-electron chi connectivity index (χ4n) is 1.55. The summed E-state index contributed by atoms with van der Waals surface area (Å²) in [7, 11) is 1.99. The largest absolute Gasteiger partial charge is 0.374 e. The Morgan fingerprint density at radius 3 is 2.85 bits per heavy atom. The third-order valence-electron chi connectivity index (χ3n) is 2.42. The van der Waals surface area contributed by atoms with E-state index < -0.39 is 0 Å². The molecule has 0 atom stereocenters. The van der Waals surface area contributed by atoms with Crippen LogP contribution in [0.3, 0.4) is 0 Å². The van der Waals surface area contributed by atoms with Gasteiger partial charge in [0.1, 0.15) is 0 Å². The van der Waals surface area contributed by atoms with Gasteiger partial charge in [0.05, 0.1) is 12.7 Å². The van der Waals surface area contributed by atoms with E-state index in [9.17, 15) is 0 Å². The Morgan fingerprint density at radius 2 is 2.31 bits per heavy atom. The standard InChI is InChI=1S/C10H18ClNO/c1-8(5-11)7-13-10-3-9(4-10)6-12-2/h5,9-10,12H,3-4,6-7H2,1-2H3. The molecule has 0 aromatic rings. The first-order valence-corrected chi connectivity index (χ1v) is 5.22. The van der Waals surface area contributed by atoms with E-state index in [4.69, 9.17) is 16.3 Å². The number of nitrogens with one attached hydrogen (secondary N) is 1. The van der Waals surface area contributed by atoms with Gasteiger partial charge >= 0.3 is 0 Å². The predicted molar refractivity (Wildman–Crippen MR) is 56.0 cm³/mol. The fraction of sp³-hybridized carbons (Fsp3) is 0.800. The van der Waals surface area contributed by atoms with Gasteiger partial charge in [-0.2, -0.15) is 0 Å². The zero-order valence-electron chi connectivity index (χ0n) is 8.35. The first-order valence-electron chi connectivity index (χ1n) is 4.78. The molecule has 1 aliphatic rings. The summed E-state index contributed by atoms with van der Waals surface area (Å²) >= 11 is 5.52. The van der Waals surface area contributed by atoms with E-state index in [2.05, 4.69) is 5.32 Å². The summed E-state index contributed by atoms with van der Waals surface area (Å²) in [5.74, 6) is 0.815. The quantitative estimate of drug-likeness (QED) is 0.740. The Bertz CT molecular complexity index is 176. The molecular formula is C10H18ClNO. The average Bonchev–Trinajstić information content (AvgIpc) is 2.08. The van der Waals surface area contributed by atoms with Crippen LogP contribution >= 0.6 is 11.6 Å². The monoisotopic (exact) mass is 203 g/mol. The van der Waals surface area contributed by atoms with Crippen molar-refractivity contribution < 1.29 is 4.74 Å². The molecule has 1 N–H and O–H groups in total. The minimum atomic E-state index is 0.463. The van der Waals surface area contributed by atoms with E-state index in [1.165, 1.54) is 12.8 Å². The van der Waals surface area contributed by atoms with E-state index in [0.29, 0.717) is 12.7 Å². The first kappa shape index (κ1) is 11.0. The van der Waals surface area contributed by atoms with Gasteiger partial charge in [-0.05, 0) is 44.8 Å². The van der Waals surface area contributed by atoms with Gasteiger partial charge in [-0.25, -0.2) is 0 Å². The Morgan fingerprint density at radius 1 is 1.62 bits per heavy atom. The molecular weight excluding hydrogens is 186 g/mol. The lowest BCUT2D eigenvalue weighted by Crippen LogP contribution is -2.37. The minimum Gasteiger partial charge on any atom is -0.374 e. The van der Waals surface area contributed by atoms with Crippen molar-refractivity contribution in [1.29, 1.82) is 0 Å². The molecule has 0 unspecified atom stereocenters. The van der Waals surface area contributed by atoms with Crippen molar-refractivity contribution in [1.82, 2.24) is 5.32 Å². The summed E-state index contributed by atoms with van der Waals surface area (Å²) in [6.07, 6.45) is 2.84. The summed E-state index contributed by atoms with van der Waals surface area (Å²) in [5, 5.41) is 3.18. The van der Waals surface area contributed by atoms with Crippen LogP contribution in [0.2, 0.25) is 0 Å². The van der Waals surface area contributed by atoms with E-state index >= 15 is 0 Å². The van der Waals surface area contributed by atoms with Crippen LogP contribution < -0.4 is 5.32 Å². The molecule has 0 bridgehead atoms. The first-order chi connectivity index (χ1) is 6.26. The second-order valence-corrected chi connectivity index (χ2v) is 4.00. The van der Waals surface area contributed by atoms with Crippen LogP contribution in [0.4, 0.5) is 0 Å². The van der Waals surface area contributed by atoms with Crippen LogP contribution in [0.15, 0.2) is 11.1 Å². The Hall–Kier alpha value is -0.0500. The van der Waals surface area contributed by atoms with Gasteiger partial charge in [0, 0.05) is 5.54 Å². The van der Waals surface area contributed by atoms with Gasteiger partial charge in [-0.1, -0.05) is 11.6 Å². The van der Waals surface area contributed by atoms with E-state index in [1.807, 2.05) is 14.0 Å². The third kappa shape index (κ3) is 3.67. The van der Waals surface area contributed by atoms with E-state index in [0.717, 1.165) is 18.0 Å². The number of rotatable bonds is 5. The minimum absolute atomic E-state index is 0.463. The Labute approximate surface area is 85.3 Å². The van der Waals surface area contributed by atoms with Gasteiger partial charge in [0.2, 0.25) is 0 Å². The molecule has 0 amide bonds. The molecule has 1 fully saturated rings. The van der Waals surface area contributed by atoms with Crippen LogP contribution in [0.25, 0.3) is 0 Å². The highest BCUT2D eigenvalue weighted by Crippen LogP contribution is 2.29. The van der Waals surface area contributed by atoms with E-state index in [1.54, 1.807) is 5.54 Å². The van der Waals surface area contributed by atoms with Crippen molar-refractivity contribution in [3.05, 3.63) is 11.1 Å². The molecule has 13 heavy (non-hydrogen) atoms. The lowest BCUT2D eigenvalue weighted by atomic mass is 9.82. The molecule has 1 rings (SSSR count). The molecule has 0 saturated heterocycles. The summed E-state index contributed by atoms with van der Waals surface area (Å²) in [4.78, 5) is 0. The van der Waals surface area contributed by atoms with Crippen molar-refractivity contribution in [2.24, 2.45) is 5.92 Å². The highest BCUT2D eigenvalue weighted by atomic mass is 35.5. The maximum atomic E-state index is 5.63. The van der Waals surface area contributed by atoms with Crippen LogP contribution in [0, 0.1) is 5.92 Å².